The van der Waals surface area contributed by atoms with Crippen LogP contribution in [-0.4, -0.2) is 9.97 Å². The molecule has 0 aromatic carbocycles. The summed E-state index contributed by atoms with van der Waals surface area (Å²) in [4.78, 5) is 8.91. The molecule has 0 spiro atoms. The third-order valence-corrected chi connectivity index (χ3v) is 3.33. The maximum absolute atomic E-state index is 6.25. The maximum Gasteiger partial charge on any atom is 0.0604 e. The van der Waals surface area contributed by atoms with Gasteiger partial charge in [-0.25, -0.2) is 0 Å². The minimum atomic E-state index is -0.0967. The van der Waals surface area contributed by atoms with Crippen LogP contribution < -0.4 is 5.73 Å². The summed E-state index contributed by atoms with van der Waals surface area (Å²) in [5.41, 5.74) is 11.8. The smallest absolute Gasteiger partial charge is 0.0604 e. The quantitative estimate of drug-likeness (QED) is 0.914. The van der Waals surface area contributed by atoms with E-state index in [2.05, 4.69) is 42.0 Å². The van der Waals surface area contributed by atoms with Gasteiger partial charge in [0.1, 0.15) is 0 Å². The number of pyridine rings is 2. The van der Waals surface area contributed by atoms with Gasteiger partial charge in [-0.05, 0) is 43.0 Å². The molecule has 1 atom stereocenters. The van der Waals surface area contributed by atoms with Crippen LogP contribution in [0.2, 0.25) is 0 Å². The summed E-state index contributed by atoms with van der Waals surface area (Å²) in [6.07, 6.45) is 5.53. The van der Waals surface area contributed by atoms with E-state index in [9.17, 15) is 0 Å². The molecule has 3 nitrogen and oxygen atoms in total. The number of rotatable bonds is 4. The zero-order valence-corrected chi connectivity index (χ0v) is 11.9. The van der Waals surface area contributed by atoms with Gasteiger partial charge in [-0.15, -0.1) is 0 Å². The highest BCUT2D eigenvalue weighted by molar-refractivity contribution is 5.26. The van der Waals surface area contributed by atoms with Crippen LogP contribution in [0.3, 0.4) is 0 Å². The van der Waals surface area contributed by atoms with Crippen molar-refractivity contribution < 1.29 is 0 Å². The van der Waals surface area contributed by atoms with Gasteiger partial charge in [-0.2, -0.15) is 0 Å². The van der Waals surface area contributed by atoms with Crippen molar-refractivity contribution in [1.29, 1.82) is 0 Å². The molecule has 2 N–H and O–H groups in total. The number of hydrogen-bond donors (Lipinski definition) is 1. The number of nitrogens with two attached hydrogens (primary N) is 1. The van der Waals surface area contributed by atoms with Gasteiger partial charge in [0.05, 0.1) is 11.7 Å². The standard InChI is InChI=1S/C16H21N3/c1-4-13-5-6-14(18-10-13)8-15(17)16-12(3)7-11(2)9-19-16/h5-7,9-10,15H,4,8,17H2,1-3H3. The first-order valence-corrected chi connectivity index (χ1v) is 6.72. The van der Waals surface area contributed by atoms with E-state index in [-0.39, 0.29) is 6.04 Å². The highest BCUT2D eigenvalue weighted by Crippen LogP contribution is 2.17. The van der Waals surface area contributed by atoms with Gasteiger partial charge in [0, 0.05) is 24.5 Å². The molecule has 3 heteroatoms. The zero-order chi connectivity index (χ0) is 13.8. The van der Waals surface area contributed by atoms with Crippen LogP contribution in [0.5, 0.6) is 0 Å². The molecule has 0 saturated carbocycles. The normalized spacial score (nSPS) is 12.4. The van der Waals surface area contributed by atoms with Gasteiger partial charge in [-0.3, -0.25) is 9.97 Å². The Morgan fingerprint density at radius 3 is 2.53 bits per heavy atom. The summed E-state index contributed by atoms with van der Waals surface area (Å²) >= 11 is 0. The van der Waals surface area contributed by atoms with Crippen molar-refractivity contribution in [3.8, 4) is 0 Å². The fourth-order valence-corrected chi connectivity index (χ4v) is 2.22. The fourth-order valence-electron chi connectivity index (χ4n) is 2.22. The van der Waals surface area contributed by atoms with E-state index in [4.69, 9.17) is 5.73 Å². The lowest BCUT2D eigenvalue weighted by Gasteiger charge is -2.14. The largest absolute Gasteiger partial charge is 0.322 e. The molecule has 2 heterocycles. The average Bonchev–Trinajstić information content (AvgIpc) is 2.39. The minimum Gasteiger partial charge on any atom is -0.322 e. The molecule has 0 aliphatic heterocycles. The Kier molecular flexibility index (Phi) is 4.27. The van der Waals surface area contributed by atoms with Crippen LogP contribution in [0.15, 0.2) is 30.6 Å². The van der Waals surface area contributed by atoms with Crippen molar-refractivity contribution in [2.45, 2.75) is 39.7 Å². The predicted octanol–water partition coefficient (Wildman–Crippen LogP) is 2.90. The van der Waals surface area contributed by atoms with Crippen molar-refractivity contribution in [2.24, 2.45) is 5.73 Å². The second-order valence-corrected chi connectivity index (χ2v) is 5.04. The lowest BCUT2D eigenvalue weighted by atomic mass is 10.0. The monoisotopic (exact) mass is 255 g/mol. The lowest BCUT2D eigenvalue weighted by Crippen LogP contribution is -2.17. The number of hydrogen-bond acceptors (Lipinski definition) is 3. The lowest BCUT2D eigenvalue weighted by molar-refractivity contribution is 0.676. The Hall–Kier alpha value is -1.74. The number of aromatic nitrogens is 2. The predicted molar refractivity (Wildman–Crippen MR) is 78.0 cm³/mol. The van der Waals surface area contributed by atoms with E-state index < -0.39 is 0 Å². The second kappa shape index (κ2) is 5.93. The molecular weight excluding hydrogens is 234 g/mol. The molecule has 2 aromatic rings. The van der Waals surface area contributed by atoms with Crippen LogP contribution in [0, 0.1) is 13.8 Å². The number of aryl methyl sites for hydroxylation is 3. The van der Waals surface area contributed by atoms with Crippen LogP contribution in [0.25, 0.3) is 0 Å². The van der Waals surface area contributed by atoms with Crippen molar-refractivity contribution in [3.63, 3.8) is 0 Å². The van der Waals surface area contributed by atoms with Gasteiger partial charge >= 0.3 is 0 Å². The van der Waals surface area contributed by atoms with Gasteiger partial charge in [-0.1, -0.05) is 19.1 Å². The summed E-state index contributed by atoms with van der Waals surface area (Å²) in [7, 11) is 0. The molecule has 2 aromatic heterocycles. The van der Waals surface area contributed by atoms with E-state index in [1.807, 2.05) is 19.3 Å². The molecule has 100 valence electrons. The van der Waals surface area contributed by atoms with Gasteiger partial charge in [0.15, 0.2) is 0 Å². The third kappa shape index (κ3) is 3.38. The van der Waals surface area contributed by atoms with Gasteiger partial charge in [0.2, 0.25) is 0 Å². The molecule has 0 amide bonds. The molecule has 0 aliphatic rings. The summed E-state index contributed by atoms with van der Waals surface area (Å²) < 4.78 is 0. The summed E-state index contributed by atoms with van der Waals surface area (Å²) in [5.74, 6) is 0. The molecule has 0 radical (unpaired) electrons. The van der Waals surface area contributed by atoms with Crippen molar-refractivity contribution in [1.82, 2.24) is 9.97 Å². The molecule has 2 rings (SSSR count). The highest BCUT2D eigenvalue weighted by atomic mass is 14.8. The van der Waals surface area contributed by atoms with Gasteiger partial charge in [0.25, 0.3) is 0 Å². The minimum absolute atomic E-state index is 0.0967. The van der Waals surface area contributed by atoms with Crippen molar-refractivity contribution in [3.05, 3.63) is 58.7 Å². The van der Waals surface area contributed by atoms with E-state index in [1.165, 1.54) is 11.1 Å². The highest BCUT2D eigenvalue weighted by Gasteiger charge is 2.12. The SMILES string of the molecule is CCc1ccc(CC(N)c2ncc(C)cc2C)nc1. The van der Waals surface area contributed by atoms with E-state index in [1.54, 1.807) is 0 Å². The fraction of sp³-hybridized carbons (Fsp3) is 0.375. The third-order valence-electron chi connectivity index (χ3n) is 3.33. The Bertz CT molecular complexity index is 546. The van der Waals surface area contributed by atoms with Crippen LogP contribution >= 0.6 is 0 Å². The molecule has 0 saturated heterocycles. The summed E-state index contributed by atoms with van der Waals surface area (Å²) in [5, 5.41) is 0. The van der Waals surface area contributed by atoms with Gasteiger partial charge < -0.3 is 5.73 Å². The topological polar surface area (TPSA) is 51.8 Å². The van der Waals surface area contributed by atoms with Crippen molar-refractivity contribution in [2.75, 3.05) is 0 Å². The van der Waals surface area contributed by atoms with Crippen LogP contribution in [-0.2, 0) is 12.8 Å². The average molecular weight is 255 g/mol. The molecule has 0 fully saturated rings. The molecule has 1 unspecified atom stereocenters. The Balaban J connectivity index is 2.13. The molecule has 0 aliphatic carbocycles. The van der Waals surface area contributed by atoms with Crippen LogP contribution in [0.1, 0.15) is 41.0 Å². The first-order chi connectivity index (χ1) is 9.10. The second-order valence-electron chi connectivity index (χ2n) is 5.04. The van der Waals surface area contributed by atoms with Crippen molar-refractivity contribution >= 4 is 0 Å². The Morgan fingerprint density at radius 1 is 1.16 bits per heavy atom. The molecule has 0 bridgehead atoms. The summed E-state index contributed by atoms with van der Waals surface area (Å²) in [6, 6.07) is 6.20. The molecule has 19 heavy (non-hydrogen) atoms. The number of nitrogens with zero attached hydrogens (tertiary/aromatic N) is 2. The first kappa shape index (κ1) is 13.7. The first-order valence-electron chi connectivity index (χ1n) is 6.72. The van der Waals surface area contributed by atoms with E-state index >= 15 is 0 Å². The maximum atomic E-state index is 6.25. The zero-order valence-electron chi connectivity index (χ0n) is 11.9. The Labute approximate surface area is 114 Å². The van der Waals surface area contributed by atoms with E-state index in [0.717, 1.165) is 29.8 Å². The molecular formula is C16H21N3. The summed E-state index contributed by atoms with van der Waals surface area (Å²) in [6.45, 7) is 6.23. The Morgan fingerprint density at radius 2 is 1.95 bits per heavy atom. The van der Waals surface area contributed by atoms with E-state index in [0.29, 0.717) is 0 Å². The van der Waals surface area contributed by atoms with Crippen LogP contribution in [0.4, 0.5) is 0 Å².